The van der Waals surface area contributed by atoms with Gasteiger partial charge in [0, 0.05) is 12.2 Å². The fraction of sp³-hybridized carbons (Fsp3) is 0.154. The van der Waals surface area contributed by atoms with E-state index in [2.05, 4.69) is 20.4 Å². The number of fused-ring (bicyclic) bond motifs is 1. The maximum atomic E-state index is 5.93. The maximum Gasteiger partial charge on any atom is 0.165 e. The van der Waals surface area contributed by atoms with Gasteiger partial charge in [-0.1, -0.05) is 18.2 Å². The lowest BCUT2D eigenvalue weighted by molar-refractivity contribution is 0.679. The number of aryl methyl sites for hydroxylation is 1. The van der Waals surface area contributed by atoms with Crippen molar-refractivity contribution >= 4 is 28.4 Å². The fourth-order valence-electron chi connectivity index (χ4n) is 2.00. The number of para-hydroxylation sites is 1. The molecule has 0 radical (unpaired) electrons. The van der Waals surface area contributed by atoms with Gasteiger partial charge in [0.1, 0.15) is 17.5 Å². The highest BCUT2D eigenvalue weighted by Crippen LogP contribution is 2.27. The van der Waals surface area contributed by atoms with Crippen LogP contribution in [-0.4, -0.2) is 19.7 Å². The number of benzene rings is 1. The van der Waals surface area contributed by atoms with E-state index in [1.54, 1.807) is 4.68 Å². The summed E-state index contributed by atoms with van der Waals surface area (Å²) in [5.74, 6) is 1.12. The smallest absolute Gasteiger partial charge is 0.165 e. The summed E-state index contributed by atoms with van der Waals surface area (Å²) in [5, 5.41) is 8.50. The first-order valence-electron chi connectivity index (χ1n) is 6.08. The minimum Gasteiger partial charge on any atom is -0.383 e. The summed E-state index contributed by atoms with van der Waals surface area (Å²) in [7, 11) is 0. The number of anilines is 3. The van der Waals surface area contributed by atoms with Crippen LogP contribution in [0.5, 0.6) is 0 Å². The van der Waals surface area contributed by atoms with Gasteiger partial charge in [0.2, 0.25) is 0 Å². The average Bonchev–Trinajstić information content (AvgIpc) is 2.79. The summed E-state index contributed by atoms with van der Waals surface area (Å²) in [6, 6.07) is 9.82. The van der Waals surface area contributed by atoms with Crippen LogP contribution in [-0.2, 0) is 6.54 Å². The third-order valence-electron chi connectivity index (χ3n) is 2.89. The van der Waals surface area contributed by atoms with Gasteiger partial charge in [-0.3, -0.25) is 0 Å². The monoisotopic (exact) mass is 254 g/mol. The van der Waals surface area contributed by atoms with Crippen molar-refractivity contribution < 1.29 is 0 Å². The second kappa shape index (κ2) is 4.56. The normalized spacial score (nSPS) is 10.8. The number of hydrogen-bond acceptors (Lipinski definition) is 5. The van der Waals surface area contributed by atoms with E-state index in [1.807, 2.05) is 37.3 Å². The molecule has 0 amide bonds. The number of hydrogen-bond donors (Lipinski definition) is 2. The Morgan fingerprint density at radius 3 is 2.74 bits per heavy atom. The second-order valence-electron chi connectivity index (χ2n) is 4.11. The molecule has 0 aliphatic rings. The molecule has 2 aromatic heterocycles. The number of aromatic nitrogens is 4. The minimum atomic E-state index is 0.433. The molecular weight excluding hydrogens is 240 g/mol. The van der Waals surface area contributed by atoms with Crippen molar-refractivity contribution in [1.82, 2.24) is 19.7 Å². The zero-order valence-electron chi connectivity index (χ0n) is 10.5. The lowest BCUT2D eigenvalue weighted by Crippen LogP contribution is -1.98. The van der Waals surface area contributed by atoms with Crippen molar-refractivity contribution in [3.8, 4) is 0 Å². The SMILES string of the molecule is CCn1nc(Nc2ccccc2)c2c(N)ncnc21. The summed E-state index contributed by atoms with van der Waals surface area (Å²) in [5.41, 5.74) is 7.63. The van der Waals surface area contributed by atoms with E-state index < -0.39 is 0 Å². The Labute approximate surface area is 110 Å². The molecule has 96 valence electrons. The Hall–Kier alpha value is -2.63. The Morgan fingerprint density at radius 2 is 2.00 bits per heavy atom. The molecule has 6 nitrogen and oxygen atoms in total. The molecule has 0 atom stereocenters. The number of rotatable bonds is 3. The van der Waals surface area contributed by atoms with Crippen LogP contribution >= 0.6 is 0 Å². The van der Waals surface area contributed by atoms with E-state index in [1.165, 1.54) is 6.33 Å². The van der Waals surface area contributed by atoms with Gasteiger partial charge in [-0.15, -0.1) is 0 Å². The first-order chi connectivity index (χ1) is 9.29. The largest absolute Gasteiger partial charge is 0.383 e. The highest BCUT2D eigenvalue weighted by molar-refractivity contribution is 5.97. The average molecular weight is 254 g/mol. The van der Waals surface area contributed by atoms with Gasteiger partial charge in [-0.05, 0) is 19.1 Å². The van der Waals surface area contributed by atoms with Crippen LogP contribution in [0.25, 0.3) is 11.0 Å². The van der Waals surface area contributed by atoms with Crippen molar-refractivity contribution in [3.05, 3.63) is 36.7 Å². The standard InChI is InChI=1S/C13H14N6/c1-2-19-13-10(11(14)15-8-16-13)12(18-19)17-9-6-4-3-5-7-9/h3-8H,2H2,1H3,(H,17,18)(H2,14,15,16). The Balaban J connectivity index is 2.13. The van der Waals surface area contributed by atoms with E-state index >= 15 is 0 Å². The molecule has 2 heterocycles. The van der Waals surface area contributed by atoms with Gasteiger partial charge in [-0.2, -0.15) is 5.10 Å². The van der Waals surface area contributed by atoms with Crippen molar-refractivity contribution in [1.29, 1.82) is 0 Å². The van der Waals surface area contributed by atoms with E-state index in [4.69, 9.17) is 5.73 Å². The van der Waals surface area contributed by atoms with E-state index in [9.17, 15) is 0 Å². The van der Waals surface area contributed by atoms with Crippen LogP contribution in [0.15, 0.2) is 36.7 Å². The number of nitrogens with two attached hydrogens (primary N) is 1. The van der Waals surface area contributed by atoms with Gasteiger partial charge in [-0.25, -0.2) is 14.6 Å². The summed E-state index contributed by atoms with van der Waals surface area (Å²) in [6.07, 6.45) is 1.46. The molecule has 0 aliphatic carbocycles. The van der Waals surface area contributed by atoms with Gasteiger partial charge in [0.15, 0.2) is 11.5 Å². The highest BCUT2D eigenvalue weighted by Gasteiger charge is 2.14. The quantitative estimate of drug-likeness (QED) is 0.748. The summed E-state index contributed by atoms with van der Waals surface area (Å²) in [4.78, 5) is 8.28. The Bertz CT molecular complexity index is 704. The highest BCUT2D eigenvalue weighted by atomic mass is 15.3. The number of nitrogens with zero attached hydrogens (tertiary/aromatic N) is 4. The minimum absolute atomic E-state index is 0.433. The predicted molar refractivity (Wildman–Crippen MR) is 75.1 cm³/mol. The zero-order chi connectivity index (χ0) is 13.2. The van der Waals surface area contributed by atoms with Crippen molar-refractivity contribution in [2.24, 2.45) is 0 Å². The Morgan fingerprint density at radius 1 is 1.21 bits per heavy atom. The van der Waals surface area contributed by atoms with Crippen LogP contribution in [0.2, 0.25) is 0 Å². The molecule has 3 aromatic rings. The van der Waals surface area contributed by atoms with E-state index in [0.717, 1.165) is 23.3 Å². The fourth-order valence-corrected chi connectivity index (χ4v) is 2.00. The van der Waals surface area contributed by atoms with Gasteiger partial charge >= 0.3 is 0 Å². The summed E-state index contributed by atoms with van der Waals surface area (Å²) < 4.78 is 1.80. The van der Waals surface area contributed by atoms with Gasteiger partial charge in [0.25, 0.3) is 0 Å². The molecule has 1 aromatic carbocycles. The first kappa shape index (κ1) is 11.5. The molecule has 0 saturated carbocycles. The molecule has 19 heavy (non-hydrogen) atoms. The van der Waals surface area contributed by atoms with Gasteiger partial charge < -0.3 is 11.1 Å². The molecule has 3 N–H and O–H groups in total. The number of nitrogen functional groups attached to an aromatic ring is 1. The summed E-state index contributed by atoms with van der Waals surface area (Å²) >= 11 is 0. The third kappa shape index (κ3) is 1.97. The number of nitrogens with one attached hydrogen (secondary N) is 1. The first-order valence-corrected chi connectivity index (χ1v) is 6.08. The van der Waals surface area contributed by atoms with Crippen LogP contribution in [0.1, 0.15) is 6.92 Å². The lowest BCUT2D eigenvalue weighted by atomic mass is 10.3. The third-order valence-corrected chi connectivity index (χ3v) is 2.89. The predicted octanol–water partition coefficient (Wildman–Crippen LogP) is 2.17. The maximum absolute atomic E-state index is 5.93. The Kier molecular flexibility index (Phi) is 2.75. The van der Waals surface area contributed by atoms with E-state index in [-0.39, 0.29) is 0 Å². The molecule has 6 heteroatoms. The van der Waals surface area contributed by atoms with Crippen molar-refractivity contribution in [2.45, 2.75) is 13.5 Å². The summed E-state index contributed by atoms with van der Waals surface area (Å²) in [6.45, 7) is 2.74. The van der Waals surface area contributed by atoms with Crippen LogP contribution < -0.4 is 11.1 Å². The lowest BCUT2D eigenvalue weighted by Gasteiger charge is -2.03. The molecule has 0 unspecified atom stereocenters. The zero-order valence-corrected chi connectivity index (χ0v) is 10.5. The van der Waals surface area contributed by atoms with Crippen molar-refractivity contribution in [2.75, 3.05) is 11.1 Å². The molecule has 0 saturated heterocycles. The van der Waals surface area contributed by atoms with Crippen LogP contribution in [0.4, 0.5) is 17.3 Å². The molecular formula is C13H14N6. The van der Waals surface area contributed by atoms with Crippen LogP contribution in [0, 0.1) is 0 Å². The van der Waals surface area contributed by atoms with Crippen LogP contribution in [0.3, 0.4) is 0 Å². The second-order valence-corrected chi connectivity index (χ2v) is 4.11. The topological polar surface area (TPSA) is 81.7 Å². The molecule has 0 fully saturated rings. The van der Waals surface area contributed by atoms with Crippen molar-refractivity contribution in [3.63, 3.8) is 0 Å². The molecule has 0 spiro atoms. The molecule has 0 aliphatic heterocycles. The molecule has 3 rings (SSSR count). The van der Waals surface area contributed by atoms with E-state index in [0.29, 0.717) is 11.6 Å². The molecule has 0 bridgehead atoms. The van der Waals surface area contributed by atoms with Gasteiger partial charge in [0.05, 0.1) is 0 Å².